The van der Waals surface area contributed by atoms with Gasteiger partial charge in [0, 0.05) is 18.3 Å². The number of amides is 1. The number of hydrogen-bond acceptors (Lipinski definition) is 7. The normalized spacial score (nSPS) is 15.9. The average Bonchev–Trinajstić information content (AvgIpc) is 3.39. The lowest BCUT2D eigenvalue weighted by Crippen LogP contribution is -2.41. The fourth-order valence-corrected chi connectivity index (χ4v) is 6.64. The number of methoxy groups -OCH3 is 1. The molecule has 0 saturated heterocycles. The standard InChI is InChI=1S/C24H24N2O6S2/c1-31-19-8-4-7-18(14-19)25-22(27)16-32-23(28)15-21-20-9-3-2-6-17(20)11-12-26(21)34(29,30)24-10-5-13-33-24/h2-10,13-14,21H,11-12,15-16H2,1H3,(H,25,27)/t21-/m0/s1. The molecule has 0 radical (unpaired) electrons. The third kappa shape index (κ3) is 5.30. The Morgan fingerprint density at radius 3 is 2.71 bits per heavy atom. The van der Waals surface area contributed by atoms with Gasteiger partial charge in [0.2, 0.25) is 0 Å². The third-order valence-electron chi connectivity index (χ3n) is 5.50. The second kappa shape index (κ2) is 10.4. The van der Waals surface area contributed by atoms with Gasteiger partial charge < -0.3 is 14.8 Å². The highest BCUT2D eigenvalue weighted by Gasteiger charge is 2.38. The van der Waals surface area contributed by atoms with Crippen molar-refractivity contribution in [3.63, 3.8) is 0 Å². The molecule has 1 aliphatic rings. The minimum Gasteiger partial charge on any atom is -0.497 e. The van der Waals surface area contributed by atoms with Crippen molar-refractivity contribution >= 4 is 38.9 Å². The van der Waals surface area contributed by atoms with Gasteiger partial charge in [0.1, 0.15) is 9.96 Å². The van der Waals surface area contributed by atoms with Crippen LogP contribution in [0.25, 0.3) is 0 Å². The molecule has 0 saturated carbocycles. The van der Waals surface area contributed by atoms with Gasteiger partial charge in [0.25, 0.3) is 15.9 Å². The number of thiophene rings is 1. The van der Waals surface area contributed by atoms with E-state index in [4.69, 9.17) is 9.47 Å². The summed E-state index contributed by atoms with van der Waals surface area (Å²) in [5, 5.41) is 4.35. The quantitative estimate of drug-likeness (QED) is 0.474. The summed E-state index contributed by atoms with van der Waals surface area (Å²) in [7, 11) is -2.26. The van der Waals surface area contributed by atoms with Gasteiger partial charge in [-0.25, -0.2) is 8.42 Å². The van der Waals surface area contributed by atoms with E-state index in [0.717, 1.165) is 22.5 Å². The number of rotatable bonds is 8. The lowest BCUT2D eigenvalue weighted by Gasteiger charge is -2.35. The lowest BCUT2D eigenvalue weighted by atomic mass is 9.92. The van der Waals surface area contributed by atoms with Crippen LogP contribution in [0.1, 0.15) is 23.6 Å². The fourth-order valence-electron chi connectivity index (χ4n) is 3.91. The van der Waals surface area contributed by atoms with E-state index in [-0.39, 0.29) is 17.2 Å². The summed E-state index contributed by atoms with van der Waals surface area (Å²) in [5.41, 5.74) is 2.27. The maximum absolute atomic E-state index is 13.3. The predicted molar refractivity (Wildman–Crippen MR) is 128 cm³/mol. The topological polar surface area (TPSA) is 102 Å². The largest absolute Gasteiger partial charge is 0.497 e. The van der Waals surface area contributed by atoms with Crippen LogP contribution in [0.4, 0.5) is 5.69 Å². The number of hydrogen-bond donors (Lipinski definition) is 1. The molecule has 4 rings (SSSR count). The number of carbonyl (C=O) groups is 2. The van der Waals surface area contributed by atoms with Crippen molar-refractivity contribution in [2.45, 2.75) is 23.1 Å². The van der Waals surface area contributed by atoms with Crippen LogP contribution in [-0.4, -0.2) is 44.9 Å². The molecule has 1 amide bonds. The van der Waals surface area contributed by atoms with Crippen LogP contribution in [0.5, 0.6) is 5.75 Å². The second-order valence-corrected chi connectivity index (χ2v) is 10.7. The Bertz CT molecular complexity index is 1270. The Labute approximate surface area is 202 Å². The van der Waals surface area contributed by atoms with Gasteiger partial charge in [0.15, 0.2) is 6.61 Å². The zero-order valence-electron chi connectivity index (χ0n) is 18.5. The molecule has 8 nitrogen and oxygen atoms in total. The maximum Gasteiger partial charge on any atom is 0.308 e. The van der Waals surface area contributed by atoms with Crippen molar-refractivity contribution in [2.75, 3.05) is 25.6 Å². The Kier molecular flexibility index (Phi) is 7.30. The maximum atomic E-state index is 13.3. The van der Waals surface area contributed by atoms with Gasteiger partial charge >= 0.3 is 5.97 Å². The van der Waals surface area contributed by atoms with E-state index >= 15 is 0 Å². The molecular formula is C24H24N2O6S2. The number of anilines is 1. The minimum absolute atomic E-state index is 0.200. The number of benzene rings is 2. The van der Waals surface area contributed by atoms with Gasteiger partial charge in [-0.05, 0) is 41.1 Å². The molecule has 10 heteroatoms. The SMILES string of the molecule is COc1cccc(NC(=O)COC(=O)C[C@H]2c3ccccc3CCN2S(=O)(=O)c2cccs2)c1. The zero-order chi connectivity index (χ0) is 24.1. The Hall–Kier alpha value is -3.21. The Morgan fingerprint density at radius 2 is 1.94 bits per heavy atom. The summed E-state index contributed by atoms with van der Waals surface area (Å²) in [5.74, 6) is -0.583. The van der Waals surface area contributed by atoms with Gasteiger partial charge in [-0.1, -0.05) is 36.4 Å². The van der Waals surface area contributed by atoms with Crippen LogP contribution in [0.3, 0.4) is 0 Å². The fraction of sp³-hybridized carbons (Fsp3) is 0.250. The molecule has 0 bridgehead atoms. The monoisotopic (exact) mass is 500 g/mol. The summed E-state index contributed by atoms with van der Waals surface area (Å²) < 4.78 is 38.5. The molecule has 0 unspecified atom stereocenters. The number of esters is 1. The van der Waals surface area contributed by atoms with Gasteiger partial charge in [-0.15, -0.1) is 11.3 Å². The summed E-state index contributed by atoms with van der Waals surface area (Å²) in [6.45, 7) is -0.229. The number of nitrogens with zero attached hydrogens (tertiary/aromatic N) is 1. The van der Waals surface area contributed by atoms with Gasteiger partial charge in [0.05, 0.1) is 19.6 Å². The smallest absolute Gasteiger partial charge is 0.308 e. The summed E-state index contributed by atoms with van der Waals surface area (Å²) in [6, 6.07) is 16.8. The molecule has 2 aromatic carbocycles. The molecule has 1 aliphatic heterocycles. The molecule has 34 heavy (non-hydrogen) atoms. The summed E-state index contributed by atoms with van der Waals surface area (Å²) in [6.07, 6.45) is 0.351. The first-order valence-corrected chi connectivity index (χ1v) is 12.9. The van der Waals surface area contributed by atoms with Crippen LogP contribution in [-0.2, 0) is 30.8 Å². The first-order chi connectivity index (χ1) is 16.4. The second-order valence-electron chi connectivity index (χ2n) is 7.66. The first-order valence-electron chi connectivity index (χ1n) is 10.6. The number of sulfonamides is 1. The Morgan fingerprint density at radius 1 is 1.12 bits per heavy atom. The minimum atomic E-state index is -3.78. The molecule has 0 aliphatic carbocycles. The van der Waals surface area contributed by atoms with Crippen molar-refractivity contribution in [2.24, 2.45) is 0 Å². The van der Waals surface area contributed by atoms with Crippen molar-refractivity contribution < 1.29 is 27.5 Å². The third-order valence-corrected chi connectivity index (χ3v) is 8.78. The van der Waals surface area contributed by atoms with Crippen molar-refractivity contribution in [1.82, 2.24) is 4.31 Å². The molecule has 178 valence electrons. The predicted octanol–water partition coefficient (Wildman–Crippen LogP) is 3.62. The number of nitrogens with one attached hydrogen (secondary N) is 1. The van der Waals surface area contributed by atoms with Crippen LogP contribution >= 0.6 is 11.3 Å². The highest BCUT2D eigenvalue weighted by Crippen LogP contribution is 2.37. The van der Waals surface area contributed by atoms with Crippen LogP contribution in [0.15, 0.2) is 70.3 Å². The molecule has 2 heterocycles. The van der Waals surface area contributed by atoms with E-state index in [0.29, 0.717) is 17.9 Å². The van der Waals surface area contributed by atoms with E-state index < -0.39 is 34.5 Å². The van der Waals surface area contributed by atoms with Crippen molar-refractivity contribution in [3.8, 4) is 5.75 Å². The lowest BCUT2D eigenvalue weighted by molar-refractivity contribution is -0.148. The van der Waals surface area contributed by atoms with E-state index in [1.807, 2.05) is 24.3 Å². The first kappa shape index (κ1) is 23.9. The van der Waals surface area contributed by atoms with E-state index in [2.05, 4.69) is 5.32 Å². The molecule has 1 aromatic heterocycles. The van der Waals surface area contributed by atoms with E-state index in [1.54, 1.807) is 41.8 Å². The van der Waals surface area contributed by atoms with E-state index in [9.17, 15) is 18.0 Å². The number of ether oxygens (including phenoxy) is 2. The molecule has 1 atom stereocenters. The van der Waals surface area contributed by atoms with Crippen molar-refractivity contribution in [1.29, 1.82) is 0 Å². The highest BCUT2D eigenvalue weighted by atomic mass is 32.2. The van der Waals surface area contributed by atoms with Gasteiger partial charge in [-0.2, -0.15) is 4.31 Å². The summed E-state index contributed by atoms with van der Waals surface area (Å²) >= 11 is 1.14. The van der Waals surface area contributed by atoms with Crippen LogP contribution < -0.4 is 10.1 Å². The van der Waals surface area contributed by atoms with Crippen molar-refractivity contribution in [3.05, 3.63) is 77.2 Å². The number of carbonyl (C=O) groups excluding carboxylic acids is 2. The molecule has 0 fully saturated rings. The highest BCUT2D eigenvalue weighted by molar-refractivity contribution is 7.91. The number of fused-ring (bicyclic) bond motifs is 1. The molecule has 0 spiro atoms. The van der Waals surface area contributed by atoms with Crippen LogP contribution in [0, 0.1) is 0 Å². The van der Waals surface area contributed by atoms with E-state index in [1.165, 1.54) is 11.4 Å². The van der Waals surface area contributed by atoms with Gasteiger partial charge in [-0.3, -0.25) is 9.59 Å². The zero-order valence-corrected chi connectivity index (χ0v) is 20.1. The van der Waals surface area contributed by atoms with Crippen LogP contribution in [0.2, 0.25) is 0 Å². The summed E-state index contributed by atoms with van der Waals surface area (Å²) in [4.78, 5) is 24.9. The molecule has 1 N–H and O–H groups in total. The Balaban J connectivity index is 1.46. The molecular weight excluding hydrogens is 476 g/mol. The molecule has 3 aromatic rings. The average molecular weight is 501 g/mol.